The van der Waals surface area contributed by atoms with Gasteiger partial charge < -0.3 is 4.90 Å². The third-order valence-corrected chi connectivity index (χ3v) is 2.77. The van der Waals surface area contributed by atoms with Gasteiger partial charge in [-0.25, -0.2) is 0 Å². The van der Waals surface area contributed by atoms with Crippen LogP contribution in [0, 0.1) is 11.3 Å². The number of benzene rings is 1. The summed E-state index contributed by atoms with van der Waals surface area (Å²) in [6, 6.07) is 9.65. The number of nitrogens with zero attached hydrogens (tertiary/aromatic N) is 2. The second kappa shape index (κ2) is 3.09. The lowest BCUT2D eigenvalue weighted by atomic mass is 10.1. The summed E-state index contributed by atoms with van der Waals surface area (Å²) in [5.41, 5.74) is 0.988. The van der Waals surface area contributed by atoms with Crippen LogP contribution in [0.2, 0.25) is 0 Å². The number of amides is 1. The Morgan fingerprint density at radius 1 is 1.40 bits per heavy atom. The minimum absolute atomic E-state index is 0.0443. The van der Waals surface area contributed by atoms with Crippen molar-refractivity contribution < 1.29 is 4.79 Å². The summed E-state index contributed by atoms with van der Waals surface area (Å²) in [7, 11) is 0. The number of carbonyl (C=O) groups excluding carboxylic acids is 1. The largest absolute Gasteiger partial charge is 0.316 e. The van der Waals surface area contributed by atoms with Gasteiger partial charge in [-0.1, -0.05) is 18.2 Å². The van der Waals surface area contributed by atoms with Gasteiger partial charge >= 0.3 is 0 Å². The van der Waals surface area contributed by atoms with Crippen LogP contribution in [0.5, 0.6) is 0 Å². The first-order chi connectivity index (χ1) is 7.06. The van der Waals surface area contributed by atoms with E-state index in [1.807, 2.05) is 24.3 Å². The Morgan fingerprint density at radius 3 is 2.67 bits per heavy atom. The van der Waals surface area contributed by atoms with Gasteiger partial charge in [0.05, 0.1) is 6.07 Å². The average molecular weight is 200 g/mol. The topological polar surface area (TPSA) is 44.1 Å². The molecule has 0 radical (unpaired) electrons. The van der Waals surface area contributed by atoms with Gasteiger partial charge in [-0.2, -0.15) is 5.26 Å². The summed E-state index contributed by atoms with van der Waals surface area (Å²) in [6.45, 7) is 4.06. The summed E-state index contributed by atoms with van der Waals surface area (Å²) in [5, 5.41) is 9.01. The van der Waals surface area contributed by atoms with Gasteiger partial charge in [-0.3, -0.25) is 4.79 Å². The van der Waals surface area contributed by atoms with Gasteiger partial charge in [-0.05, 0) is 25.5 Å². The smallest absolute Gasteiger partial charge is 0.255 e. The maximum absolute atomic E-state index is 12.0. The monoisotopic (exact) mass is 200 g/mol. The number of nitriles is 1. The van der Waals surface area contributed by atoms with Crippen molar-refractivity contribution in [3.05, 3.63) is 35.4 Å². The number of hydrogen-bond donors (Lipinski definition) is 0. The van der Waals surface area contributed by atoms with Gasteiger partial charge in [0.15, 0.2) is 0 Å². The first-order valence-corrected chi connectivity index (χ1v) is 4.87. The Hall–Kier alpha value is -1.82. The van der Waals surface area contributed by atoms with E-state index in [2.05, 4.69) is 6.07 Å². The molecule has 0 N–H and O–H groups in total. The zero-order valence-electron chi connectivity index (χ0n) is 8.82. The standard InChI is InChI=1S/C12H12N2O/c1-12(2,8-13)14-7-9-5-3-4-6-10(9)11(14)15/h3-6H,7H2,1-2H3. The Morgan fingerprint density at radius 2 is 2.07 bits per heavy atom. The average Bonchev–Trinajstić information content (AvgIpc) is 2.58. The molecule has 15 heavy (non-hydrogen) atoms. The Labute approximate surface area is 88.9 Å². The van der Waals surface area contributed by atoms with E-state index in [0.717, 1.165) is 11.1 Å². The molecule has 1 aromatic rings. The zero-order chi connectivity index (χ0) is 11.1. The highest BCUT2D eigenvalue weighted by atomic mass is 16.2. The lowest BCUT2D eigenvalue weighted by Gasteiger charge is -2.28. The predicted octanol–water partition coefficient (Wildman–Crippen LogP) is 1.94. The molecule has 0 aliphatic carbocycles. The van der Waals surface area contributed by atoms with Crippen LogP contribution in [-0.4, -0.2) is 16.3 Å². The Kier molecular flexibility index (Phi) is 2.01. The van der Waals surface area contributed by atoms with Gasteiger partial charge in [0.1, 0.15) is 5.54 Å². The Balaban J connectivity index is 2.41. The Bertz CT molecular complexity index is 457. The number of fused-ring (bicyclic) bond motifs is 1. The third-order valence-electron chi connectivity index (χ3n) is 2.77. The number of carbonyl (C=O) groups is 1. The summed E-state index contributed by atoms with van der Waals surface area (Å²) in [5.74, 6) is -0.0443. The highest BCUT2D eigenvalue weighted by Crippen LogP contribution is 2.28. The molecule has 3 heteroatoms. The molecule has 1 heterocycles. The van der Waals surface area contributed by atoms with E-state index in [1.165, 1.54) is 0 Å². The molecule has 0 atom stereocenters. The van der Waals surface area contributed by atoms with E-state index in [4.69, 9.17) is 5.26 Å². The minimum Gasteiger partial charge on any atom is -0.316 e. The van der Waals surface area contributed by atoms with Crippen LogP contribution in [0.25, 0.3) is 0 Å². The molecule has 2 rings (SSSR count). The van der Waals surface area contributed by atoms with Crippen LogP contribution in [0.4, 0.5) is 0 Å². The summed E-state index contributed by atoms with van der Waals surface area (Å²) < 4.78 is 0. The maximum atomic E-state index is 12.0. The molecule has 0 saturated carbocycles. The van der Waals surface area contributed by atoms with Crippen molar-refractivity contribution in [1.82, 2.24) is 4.90 Å². The molecule has 1 aromatic carbocycles. The van der Waals surface area contributed by atoms with Gasteiger partial charge in [0.25, 0.3) is 5.91 Å². The van der Waals surface area contributed by atoms with Crippen molar-refractivity contribution in [3.8, 4) is 6.07 Å². The van der Waals surface area contributed by atoms with E-state index >= 15 is 0 Å². The van der Waals surface area contributed by atoms with Crippen molar-refractivity contribution in [2.75, 3.05) is 0 Å². The molecule has 76 valence electrons. The zero-order valence-corrected chi connectivity index (χ0v) is 8.82. The fourth-order valence-corrected chi connectivity index (χ4v) is 1.77. The molecular weight excluding hydrogens is 188 g/mol. The fraction of sp³-hybridized carbons (Fsp3) is 0.333. The van der Waals surface area contributed by atoms with Crippen molar-refractivity contribution in [1.29, 1.82) is 5.26 Å². The summed E-state index contributed by atoms with van der Waals surface area (Å²) in [4.78, 5) is 13.6. The quantitative estimate of drug-likeness (QED) is 0.695. The molecule has 0 unspecified atom stereocenters. The number of rotatable bonds is 1. The van der Waals surface area contributed by atoms with Crippen LogP contribution in [0.1, 0.15) is 29.8 Å². The first kappa shape index (κ1) is 9.72. The van der Waals surface area contributed by atoms with Crippen molar-refractivity contribution in [3.63, 3.8) is 0 Å². The van der Waals surface area contributed by atoms with E-state index in [9.17, 15) is 4.79 Å². The fourth-order valence-electron chi connectivity index (χ4n) is 1.77. The van der Waals surface area contributed by atoms with E-state index in [0.29, 0.717) is 6.54 Å². The lowest BCUT2D eigenvalue weighted by molar-refractivity contribution is 0.0662. The molecule has 0 saturated heterocycles. The normalized spacial score (nSPS) is 15.0. The van der Waals surface area contributed by atoms with Crippen LogP contribution in [-0.2, 0) is 6.54 Å². The van der Waals surface area contributed by atoms with E-state index in [-0.39, 0.29) is 5.91 Å². The predicted molar refractivity (Wildman–Crippen MR) is 56.0 cm³/mol. The molecule has 0 fully saturated rings. The van der Waals surface area contributed by atoms with Gasteiger partial charge in [-0.15, -0.1) is 0 Å². The van der Waals surface area contributed by atoms with Crippen molar-refractivity contribution in [2.24, 2.45) is 0 Å². The van der Waals surface area contributed by atoms with Crippen LogP contribution < -0.4 is 0 Å². The second-order valence-corrected chi connectivity index (χ2v) is 4.22. The molecule has 0 aromatic heterocycles. The van der Waals surface area contributed by atoms with Crippen LogP contribution in [0.3, 0.4) is 0 Å². The van der Waals surface area contributed by atoms with Gasteiger partial charge in [0.2, 0.25) is 0 Å². The molecular formula is C12H12N2O. The SMILES string of the molecule is CC(C)(C#N)N1Cc2ccccc2C1=O. The van der Waals surface area contributed by atoms with Crippen molar-refractivity contribution >= 4 is 5.91 Å². The number of hydrogen-bond acceptors (Lipinski definition) is 2. The molecule has 3 nitrogen and oxygen atoms in total. The summed E-state index contributed by atoms with van der Waals surface area (Å²) in [6.07, 6.45) is 0. The van der Waals surface area contributed by atoms with E-state index in [1.54, 1.807) is 18.7 Å². The second-order valence-electron chi connectivity index (χ2n) is 4.22. The highest BCUT2D eigenvalue weighted by Gasteiger charge is 2.37. The first-order valence-electron chi connectivity index (χ1n) is 4.87. The van der Waals surface area contributed by atoms with Crippen LogP contribution >= 0.6 is 0 Å². The molecule has 0 bridgehead atoms. The lowest BCUT2D eigenvalue weighted by Crippen LogP contribution is -2.42. The minimum atomic E-state index is -0.740. The maximum Gasteiger partial charge on any atom is 0.255 e. The third kappa shape index (κ3) is 1.39. The highest BCUT2D eigenvalue weighted by molar-refractivity contribution is 5.99. The van der Waals surface area contributed by atoms with Crippen molar-refractivity contribution in [2.45, 2.75) is 25.9 Å². The molecule has 1 aliphatic heterocycles. The molecule has 0 spiro atoms. The van der Waals surface area contributed by atoms with Crippen LogP contribution in [0.15, 0.2) is 24.3 Å². The van der Waals surface area contributed by atoms with Gasteiger partial charge in [0, 0.05) is 12.1 Å². The summed E-state index contributed by atoms with van der Waals surface area (Å²) >= 11 is 0. The molecule has 1 aliphatic rings. The van der Waals surface area contributed by atoms with E-state index < -0.39 is 5.54 Å². The molecule has 1 amide bonds.